The first kappa shape index (κ1) is 24.3. The van der Waals surface area contributed by atoms with Crippen LogP contribution in [-0.2, 0) is 21.3 Å². The van der Waals surface area contributed by atoms with Crippen molar-refractivity contribution in [1.82, 2.24) is 8.87 Å². The zero-order valence-electron chi connectivity index (χ0n) is 18.2. The molecule has 2 atom stereocenters. The summed E-state index contributed by atoms with van der Waals surface area (Å²) < 4.78 is 72.2. The van der Waals surface area contributed by atoms with Gasteiger partial charge in [0.1, 0.15) is 6.54 Å². The second kappa shape index (κ2) is 8.87. The number of nitrogens with zero attached hydrogens (tertiary/aromatic N) is 2. The van der Waals surface area contributed by atoms with Crippen molar-refractivity contribution in [1.29, 1.82) is 0 Å². The molecular weight excluding hydrogens is 447 g/mol. The van der Waals surface area contributed by atoms with Crippen LogP contribution in [0, 0.1) is 13.8 Å². The van der Waals surface area contributed by atoms with Gasteiger partial charge in [-0.1, -0.05) is 0 Å². The lowest BCUT2D eigenvalue weighted by atomic mass is 10.2. The maximum Gasteiger partial charge on any atom is 0.406 e. The van der Waals surface area contributed by atoms with Gasteiger partial charge in [-0.25, -0.2) is 8.42 Å². The zero-order chi connectivity index (χ0) is 23.8. The number of aryl methyl sites for hydroxylation is 1. The van der Waals surface area contributed by atoms with E-state index in [9.17, 15) is 26.4 Å². The van der Waals surface area contributed by atoms with Crippen molar-refractivity contribution in [2.24, 2.45) is 0 Å². The van der Waals surface area contributed by atoms with Crippen LogP contribution in [0.25, 0.3) is 0 Å². The lowest BCUT2D eigenvalue weighted by Gasteiger charge is -2.34. The number of nitrogens with one attached hydrogen (secondary N) is 1. The Labute approximate surface area is 185 Å². The van der Waals surface area contributed by atoms with E-state index >= 15 is 0 Å². The number of carbonyl (C=O) groups excluding carboxylic acids is 1. The Bertz CT molecular complexity index is 1080. The maximum atomic E-state index is 12.9. The van der Waals surface area contributed by atoms with Gasteiger partial charge in [0.25, 0.3) is 5.91 Å². The number of amides is 1. The Hall–Kier alpha value is -2.37. The molecule has 7 nitrogen and oxygen atoms in total. The maximum absolute atomic E-state index is 12.9. The summed E-state index contributed by atoms with van der Waals surface area (Å²) in [5.74, 6) is -0.571. The van der Waals surface area contributed by atoms with Crippen LogP contribution in [0.3, 0.4) is 0 Å². The van der Waals surface area contributed by atoms with Crippen LogP contribution in [-0.4, -0.2) is 54.7 Å². The van der Waals surface area contributed by atoms with E-state index < -0.39 is 28.7 Å². The summed E-state index contributed by atoms with van der Waals surface area (Å²) in [6.45, 7) is 5.89. The van der Waals surface area contributed by atoms with Crippen molar-refractivity contribution in [3.8, 4) is 0 Å². The van der Waals surface area contributed by atoms with Crippen molar-refractivity contribution in [3.05, 3.63) is 47.3 Å². The Morgan fingerprint density at radius 2 is 1.69 bits per heavy atom. The molecule has 1 fully saturated rings. The number of hydrogen-bond acceptors (Lipinski definition) is 4. The number of morpholine rings is 1. The van der Waals surface area contributed by atoms with E-state index in [-0.39, 0.29) is 41.5 Å². The van der Waals surface area contributed by atoms with Crippen molar-refractivity contribution >= 4 is 21.6 Å². The first-order chi connectivity index (χ1) is 14.8. The second-order valence-corrected chi connectivity index (χ2v) is 9.98. The highest BCUT2D eigenvalue weighted by Gasteiger charge is 2.32. The number of halogens is 3. The minimum atomic E-state index is -4.40. The number of alkyl halides is 3. The molecule has 11 heteroatoms. The minimum Gasteiger partial charge on any atom is -0.373 e. The highest BCUT2D eigenvalue weighted by Crippen LogP contribution is 2.25. The number of rotatable bonds is 5. The van der Waals surface area contributed by atoms with E-state index in [0.717, 1.165) is 4.57 Å². The number of sulfonamides is 1. The molecule has 1 saturated heterocycles. The molecule has 1 aliphatic heterocycles. The first-order valence-corrected chi connectivity index (χ1v) is 11.5. The SMILES string of the molecule is Cc1cc(C(=O)Nc2ccc(S(=O)(=O)N3CC(C)OC(C)C3)cc2)c(C)n1CC(F)(F)F. The quantitative estimate of drug-likeness (QED) is 0.718. The molecule has 0 spiro atoms. The predicted molar refractivity (Wildman–Crippen MR) is 113 cm³/mol. The van der Waals surface area contributed by atoms with E-state index in [4.69, 9.17) is 4.74 Å². The number of anilines is 1. The Morgan fingerprint density at radius 1 is 1.12 bits per heavy atom. The van der Waals surface area contributed by atoms with Crippen LogP contribution < -0.4 is 5.32 Å². The van der Waals surface area contributed by atoms with E-state index in [0.29, 0.717) is 11.4 Å². The van der Waals surface area contributed by atoms with E-state index in [1.54, 1.807) is 0 Å². The fraction of sp³-hybridized carbons (Fsp3) is 0.476. The molecule has 2 aromatic rings. The van der Waals surface area contributed by atoms with E-state index in [2.05, 4.69) is 5.32 Å². The molecule has 0 bridgehead atoms. The molecule has 2 unspecified atom stereocenters. The van der Waals surface area contributed by atoms with Gasteiger partial charge in [-0.15, -0.1) is 0 Å². The van der Waals surface area contributed by atoms with Crippen molar-refractivity contribution in [3.63, 3.8) is 0 Å². The fourth-order valence-electron chi connectivity index (χ4n) is 3.84. The molecular formula is C21H26F3N3O4S. The number of benzene rings is 1. The molecule has 2 heterocycles. The summed E-state index contributed by atoms with van der Waals surface area (Å²) in [5, 5.41) is 2.61. The van der Waals surface area contributed by atoms with Crippen LogP contribution >= 0.6 is 0 Å². The van der Waals surface area contributed by atoms with Gasteiger partial charge >= 0.3 is 6.18 Å². The molecule has 32 heavy (non-hydrogen) atoms. The number of hydrogen-bond donors (Lipinski definition) is 1. The number of carbonyl (C=O) groups is 1. The molecule has 0 aliphatic carbocycles. The summed E-state index contributed by atoms with van der Waals surface area (Å²) in [6, 6.07) is 7.08. The van der Waals surface area contributed by atoms with Gasteiger partial charge < -0.3 is 14.6 Å². The molecule has 1 aliphatic rings. The van der Waals surface area contributed by atoms with Gasteiger partial charge in [0, 0.05) is 30.2 Å². The molecule has 1 aromatic heterocycles. The number of aromatic nitrogens is 1. The van der Waals surface area contributed by atoms with Crippen molar-refractivity contribution in [2.45, 2.75) is 57.5 Å². The lowest BCUT2D eigenvalue weighted by Crippen LogP contribution is -2.48. The fourth-order valence-corrected chi connectivity index (χ4v) is 5.43. The predicted octanol–water partition coefficient (Wildman–Crippen LogP) is 3.72. The molecule has 1 aromatic carbocycles. The third-order valence-electron chi connectivity index (χ3n) is 5.29. The Balaban J connectivity index is 1.75. The third-order valence-corrected chi connectivity index (χ3v) is 7.14. The van der Waals surface area contributed by atoms with Gasteiger partial charge in [0.2, 0.25) is 10.0 Å². The summed E-state index contributed by atoms with van der Waals surface area (Å²) in [6.07, 6.45) is -4.84. The molecule has 1 amide bonds. The van der Waals surface area contributed by atoms with Crippen LogP contribution in [0.5, 0.6) is 0 Å². The van der Waals surface area contributed by atoms with Gasteiger partial charge in [0.05, 0.1) is 22.7 Å². The molecule has 1 N–H and O–H groups in total. The zero-order valence-corrected chi connectivity index (χ0v) is 19.0. The Morgan fingerprint density at radius 3 is 2.22 bits per heavy atom. The van der Waals surface area contributed by atoms with Crippen LogP contribution in [0.15, 0.2) is 35.2 Å². The van der Waals surface area contributed by atoms with Crippen molar-refractivity contribution in [2.75, 3.05) is 18.4 Å². The molecule has 3 rings (SSSR count). The summed E-state index contributed by atoms with van der Waals surface area (Å²) in [4.78, 5) is 12.7. The highest BCUT2D eigenvalue weighted by molar-refractivity contribution is 7.89. The normalized spacial score (nSPS) is 20.3. The molecule has 176 valence electrons. The summed E-state index contributed by atoms with van der Waals surface area (Å²) in [7, 11) is -3.72. The van der Waals surface area contributed by atoms with Gasteiger partial charge in [-0.2, -0.15) is 17.5 Å². The first-order valence-electron chi connectivity index (χ1n) is 10.1. The molecule has 0 radical (unpaired) electrons. The summed E-state index contributed by atoms with van der Waals surface area (Å²) >= 11 is 0. The topological polar surface area (TPSA) is 80.6 Å². The van der Waals surface area contributed by atoms with Crippen LogP contribution in [0.2, 0.25) is 0 Å². The van der Waals surface area contributed by atoms with E-state index in [1.165, 1.54) is 48.5 Å². The average Bonchev–Trinajstić information content (AvgIpc) is 2.94. The standard InChI is InChI=1S/C21H26F3N3O4S/c1-13-9-19(16(4)27(13)12-21(22,23)24)20(28)25-17-5-7-18(8-6-17)32(29,30)26-10-14(2)31-15(3)11-26/h5-9,14-15H,10-12H2,1-4H3,(H,25,28). The minimum absolute atomic E-state index is 0.0835. The van der Waals surface area contributed by atoms with Gasteiger partial charge in [-0.3, -0.25) is 4.79 Å². The van der Waals surface area contributed by atoms with Crippen LogP contribution in [0.1, 0.15) is 35.6 Å². The third kappa shape index (κ3) is 5.33. The van der Waals surface area contributed by atoms with Gasteiger partial charge in [-0.05, 0) is 58.0 Å². The highest BCUT2D eigenvalue weighted by atomic mass is 32.2. The number of ether oxygens (including phenoxy) is 1. The lowest BCUT2D eigenvalue weighted by molar-refractivity contribution is -0.141. The van der Waals surface area contributed by atoms with E-state index in [1.807, 2.05) is 13.8 Å². The largest absolute Gasteiger partial charge is 0.406 e. The second-order valence-electron chi connectivity index (χ2n) is 8.04. The smallest absolute Gasteiger partial charge is 0.373 e. The monoisotopic (exact) mass is 473 g/mol. The Kier molecular flexibility index (Phi) is 6.73. The van der Waals surface area contributed by atoms with Gasteiger partial charge in [0.15, 0.2) is 0 Å². The van der Waals surface area contributed by atoms with Crippen LogP contribution in [0.4, 0.5) is 18.9 Å². The van der Waals surface area contributed by atoms with Crippen molar-refractivity contribution < 1.29 is 31.1 Å². The average molecular weight is 474 g/mol. The molecule has 0 saturated carbocycles. The summed E-state index contributed by atoms with van der Waals surface area (Å²) in [5.41, 5.74) is 0.977.